The zero-order valence-corrected chi connectivity index (χ0v) is 18.0. The Morgan fingerprint density at radius 3 is 2.53 bits per heavy atom. The van der Waals surface area contributed by atoms with Crippen molar-refractivity contribution in [3.8, 4) is 11.1 Å². The molecule has 0 amide bonds. The summed E-state index contributed by atoms with van der Waals surface area (Å²) in [5.74, 6) is 0.379. The van der Waals surface area contributed by atoms with Crippen LogP contribution in [0.15, 0.2) is 79.0 Å². The van der Waals surface area contributed by atoms with Gasteiger partial charge in [0.05, 0.1) is 11.6 Å². The van der Waals surface area contributed by atoms with Crippen molar-refractivity contribution < 1.29 is 13.9 Å². The molecule has 1 saturated heterocycles. The molecule has 0 spiro atoms. The fourth-order valence-corrected chi connectivity index (χ4v) is 5.45. The largest absolute Gasteiger partial charge is 0.462 e. The minimum atomic E-state index is -0.257. The number of halogens is 1. The molecule has 0 bridgehead atoms. The van der Waals surface area contributed by atoms with Gasteiger partial charge >= 0.3 is 5.97 Å². The number of ether oxygens (including phenoxy) is 1. The minimum Gasteiger partial charge on any atom is -0.462 e. The molecule has 1 saturated carbocycles. The predicted octanol–water partition coefficient (Wildman–Crippen LogP) is 6.27. The second-order valence-electron chi connectivity index (χ2n) is 8.84. The lowest BCUT2D eigenvalue weighted by molar-refractivity contribution is -0.143. The van der Waals surface area contributed by atoms with Crippen LogP contribution in [0.2, 0.25) is 0 Å². The number of benzene rings is 2. The molecule has 2 aromatic carbocycles. The Morgan fingerprint density at radius 1 is 0.969 bits per heavy atom. The van der Waals surface area contributed by atoms with Crippen LogP contribution < -0.4 is 0 Å². The molecular weight excluding hydrogens is 401 g/mol. The fraction of sp³-hybridized carbons (Fsp3) is 0.286. The van der Waals surface area contributed by atoms with Gasteiger partial charge < -0.3 is 4.74 Å². The summed E-state index contributed by atoms with van der Waals surface area (Å²) in [7, 11) is 0. The maximum Gasteiger partial charge on any atom is 0.309 e. The number of allylic oxidation sites excluding steroid dienone is 1. The maximum atomic E-state index is 13.5. The number of esters is 1. The number of carbonyl (C=O) groups is 1. The van der Waals surface area contributed by atoms with E-state index in [4.69, 9.17) is 4.74 Å². The molecule has 3 aromatic rings. The molecule has 5 atom stereocenters. The monoisotopic (exact) mass is 427 g/mol. The highest BCUT2D eigenvalue weighted by molar-refractivity contribution is 5.75. The number of hydrogen-bond acceptors (Lipinski definition) is 3. The summed E-state index contributed by atoms with van der Waals surface area (Å²) in [5, 5.41) is 0. The van der Waals surface area contributed by atoms with Crippen molar-refractivity contribution in [2.75, 3.05) is 0 Å². The van der Waals surface area contributed by atoms with Gasteiger partial charge in [-0.1, -0.05) is 54.6 Å². The number of aromatic nitrogens is 1. The summed E-state index contributed by atoms with van der Waals surface area (Å²) in [6.07, 6.45) is 7.80. The number of pyridine rings is 1. The van der Waals surface area contributed by atoms with Gasteiger partial charge in [-0.2, -0.15) is 0 Å². The average molecular weight is 428 g/mol. The van der Waals surface area contributed by atoms with E-state index in [0.717, 1.165) is 29.7 Å². The second kappa shape index (κ2) is 8.70. The van der Waals surface area contributed by atoms with Gasteiger partial charge in [0.25, 0.3) is 0 Å². The van der Waals surface area contributed by atoms with Crippen LogP contribution in [-0.2, 0) is 9.53 Å². The third-order valence-corrected chi connectivity index (χ3v) is 6.97. The number of nitrogens with zero attached hydrogens (tertiary/aromatic N) is 1. The van der Waals surface area contributed by atoms with Gasteiger partial charge in [0.1, 0.15) is 11.9 Å². The first kappa shape index (κ1) is 20.6. The van der Waals surface area contributed by atoms with Crippen LogP contribution in [-0.4, -0.2) is 17.1 Å². The Balaban J connectivity index is 1.43. The van der Waals surface area contributed by atoms with Gasteiger partial charge in [0.2, 0.25) is 0 Å². The van der Waals surface area contributed by atoms with E-state index in [1.807, 2.05) is 37.3 Å². The summed E-state index contributed by atoms with van der Waals surface area (Å²) in [5.41, 5.74) is 3.84. The number of hydrogen-bond donors (Lipinski definition) is 0. The molecular formula is C28H26FNO2. The SMILES string of the molecule is C[C@H]1OC(=O)C2CCC(c3ccccc3)C(/C=C/c3ccc(-c4cccc(F)c4)cn3)C21. The van der Waals surface area contributed by atoms with Crippen molar-refractivity contribution in [2.45, 2.75) is 31.8 Å². The number of rotatable bonds is 4. The topological polar surface area (TPSA) is 39.2 Å². The molecule has 2 heterocycles. The maximum absolute atomic E-state index is 13.5. The molecule has 2 fully saturated rings. The van der Waals surface area contributed by atoms with Crippen molar-refractivity contribution in [1.29, 1.82) is 0 Å². The predicted molar refractivity (Wildman–Crippen MR) is 123 cm³/mol. The van der Waals surface area contributed by atoms with Crippen molar-refractivity contribution >= 4 is 12.0 Å². The lowest BCUT2D eigenvalue weighted by Crippen LogP contribution is -2.35. The van der Waals surface area contributed by atoms with Crippen molar-refractivity contribution in [1.82, 2.24) is 4.98 Å². The van der Waals surface area contributed by atoms with Crippen LogP contribution in [0.25, 0.3) is 17.2 Å². The molecule has 32 heavy (non-hydrogen) atoms. The Labute approximate surface area is 188 Å². The third kappa shape index (κ3) is 3.97. The van der Waals surface area contributed by atoms with E-state index in [1.165, 1.54) is 17.7 Å². The number of cyclic esters (lactones) is 1. The first-order chi connectivity index (χ1) is 15.6. The van der Waals surface area contributed by atoms with Gasteiger partial charge in [-0.05, 0) is 67.0 Å². The molecule has 4 unspecified atom stereocenters. The standard InChI is InChI=1S/C28H26FNO2/c1-18-27-25(24(19-6-3-2-4-7-19)14-15-26(27)28(31)32-18)13-12-23-11-10-21(17-30-23)20-8-5-9-22(29)16-20/h2-13,16-18,24-27H,14-15H2,1H3/b13-12+/t18-,24?,25?,26?,27?/m1/s1. The zero-order valence-electron chi connectivity index (χ0n) is 18.0. The number of fused-ring (bicyclic) bond motifs is 1. The molecule has 162 valence electrons. The fourth-order valence-electron chi connectivity index (χ4n) is 5.45. The van der Waals surface area contributed by atoms with E-state index >= 15 is 0 Å². The Bertz CT molecular complexity index is 1130. The molecule has 5 rings (SSSR count). The molecule has 0 N–H and O–H groups in total. The van der Waals surface area contributed by atoms with Crippen LogP contribution >= 0.6 is 0 Å². The molecule has 0 radical (unpaired) electrons. The number of carbonyl (C=O) groups excluding carboxylic acids is 1. The van der Waals surface area contributed by atoms with Gasteiger partial charge in [0.15, 0.2) is 0 Å². The molecule has 4 heteroatoms. The van der Waals surface area contributed by atoms with Crippen LogP contribution in [0.4, 0.5) is 4.39 Å². The van der Waals surface area contributed by atoms with Gasteiger partial charge in [-0.15, -0.1) is 0 Å². The van der Waals surface area contributed by atoms with E-state index in [0.29, 0.717) is 5.92 Å². The first-order valence-corrected chi connectivity index (χ1v) is 11.3. The molecule has 1 aromatic heterocycles. The Morgan fingerprint density at radius 2 is 1.78 bits per heavy atom. The Kier molecular flexibility index (Phi) is 5.60. The summed E-state index contributed by atoms with van der Waals surface area (Å²) in [4.78, 5) is 17.0. The Hall–Kier alpha value is -3.27. The van der Waals surface area contributed by atoms with E-state index < -0.39 is 0 Å². The van der Waals surface area contributed by atoms with Crippen LogP contribution in [0.3, 0.4) is 0 Å². The third-order valence-electron chi connectivity index (χ3n) is 6.97. The quantitative estimate of drug-likeness (QED) is 0.461. The average Bonchev–Trinajstić information content (AvgIpc) is 3.12. The molecule has 3 nitrogen and oxygen atoms in total. The van der Waals surface area contributed by atoms with Crippen molar-refractivity contribution in [3.05, 3.63) is 96.1 Å². The van der Waals surface area contributed by atoms with Crippen molar-refractivity contribution in [3.63, 3.8) is 0 Å². The molecule has 1 aliphatic heterocycles. The summed E-state index contributed by atoms with van der Waals surface area (Å²) >= 11 is 0. The lowest BCUT2D eigenvalue weighted by atomic mass is 9.64. The van der Waals surface area contributed by atoms with E-state index in [1.54, 1.807) is 12.3 Å². The first-order valence-electron chi connectivity index (χ1n) is 11.3. The zero-order chi connectivity index (χ0) is 22.1. The summed E-state index contributed by atoms with van der Waals surface area (Å²) < 4.78 is 19.2. The van der Waals surface area contributed by atoms with E-state index in [9.17, 15) is 9.18 Å². The van der Waals surface area contributed by atoms with Gasteiger partial charge in [-0.3, -0.25) is 9.78 Å². The highest BCUT2D eigenvalue weighted by Gasteiger charge is 2.50. The molecule has 1 aliphatic carbocycles. The highest BCUT2D eigenvalue weighted by atomic mass is 19.1. The second-order valence-corrected chi connectivity index (χ2v) is 8.84. The highest BCUT2D eigenvalue weighted by Crippen LogP contribution is 2.50. The van der Waals surface area contributed by atoms with Gasteiger partial charge in [0, 0.05) is 17.7 Å². The van der Waals surface area contributed by atoms with Crippen LogP contribution in [0.5, 0.6) is 0 Å². The van der Waals surface area contributed by atoms with Crippen LogP contribution in [0, 0.1) is 23.6 Å². The van der Waals surface area contributed by atoms with Gasteiger partial charge in [-0.25, -0.2) is 4.39 Å². The molecule has 2 aliphatic rings. The minimum absolute atomic E-state index is 0.0251. The lowest BCUT2D eigenvalue weighted by Gasteiger charge is -2.38. The van der Waals surface area contributed by atoms with Crippen LogP contribution in [0.1, 0.15) is 36.9 Å². The summed E-state index contributed by atoms with van der Waals surface area (Å²) in [6, 6.07) is 21.0. The van der Waals surface area contributed by atoms with Crippen molar-refractivity contribution in [2.24, 2.45) is 17.8 Å². The smallest absolute Gasteiger partial charge is 0.309 e. The van der Waals surface area contributed by atoms with E-state index in [-0.39, 0.29) is 35.6 Å². The van der Waals surface area contributed by atoms with E-state index in [2.05, 4.69) is 35.3 Å². The summed E-state index contributed by atoms with van der Waals surface area (Å²) in [6.45, 7) is 2.02. The normalized spacial score (nSPS) is 27.3.